The molecular formula is C15H24Cl2N4O2S. The van der Waals surface area contributed by atoms with Crippen molar-refractivity contribution in [3.63, 3.8) is 0 Å². The molecule has 0 aliphatic carbocycles. The molecular weight excluding hydrogens is 371 g/mol. The second-order valence-corrected chi connectivity index (χ2v) is 8.14. The molecule has 1 rings (SSSR count). The Morgan fingerprint density at radius 2 is 1.96 bits per heavy atom. The van der Waals surface area contributed by atoms with Crippen molar-refractivity contribution in [3.05, 3.63) is 33.8 Å². The molecule has 0 saturated carbocycles. The zero-order chi connectivity index (χ0) is 18.2. The van der Waals surface area contributed by atoms with Crippen LogP contribution >= 0.6 is 23.2 Å². The Bertz CT molecular complexity index is 665. The van der Waals surface area contributed by atoms with Crippen molar-refractivity contribution < 1.29 is 8.42 Å². The van der Waals surface area contributed by atoms with Gasteiger partial charge >= 0.3 is 0 Å². The Kier molecular flexibility index (Phi) is 8.83. The fourth-order valence-electron chi connectivity index (χ4n) is 1.99. The van der Waals surface area contributed by atoms with Crippen LogP contribution in [0.3, 0.4) is 0 Å². The van der Waals surface area contributed by atoms with Gasteiger partial charge in [0.05, 0.1) is 15.8 Å². The van der Waals surface area contributed by atoms with Crippen LogP contribution in [0.1, 0.15) is 18.9 Å². The third-order valence-corrected chi connectivity index (χ3v) is 5.46. The monoisotopic (exact) mass is 394 g/mol. The molecule has 24 heavy (non-hydrogen) atoms. The third-order valence-electron chi connectivity index (χ3n) is 3.32. The number of hydrogen-bond acceptors (Lipinski definition) is 3. The van der Waals surface area contributed by atoms with Crippen molar-refractivity contribution >= 4 is 39.2 Å². The minimum absolute atomic E-state index is 0.0918. The van der Waals surface area contributed by atoms with Crippen LogP contribution in [0.15, 0.2) is 23.2 Å². The Morgan fingerprint density at radius 3 is 2.54 bits per heavy atom. The normalized spacial score (nSPS) is 12.3. The lowest BCUT2D eigenvalue weighted by atomic mass is 10.2. The summed E-state index contributed by atoms with van der Waals surface area (Å²) in [4.78, 5) is 6.17. The second kappa shape index (κ2) is 10.1. The van der Waals surface area contributed by atoms with Gasteiger partial charge in [0.2, 0.25) is 10.0 Å². The largest absolute Gasteiger partial charge is 0.356 e. The number of sulfonamides is 1. The smallest absolute Gasteiger partial charge is 0.211 e. The van der Waals surface area contributed by atoms with Crippen LogP contribution in [-0.4, -0.2) is 52.2 Å². The molecule has 9 heteroatoms. The van der Waals surface area contributed by atoms with Crippen LogP contribution in [0.4, 0.5) is 0 Å². The predicted molar refractivity (Wildman–Crippen MR) is 101 cm³/mol. The molecule has 0 aliphatic heterocycles. The summed E-state index contributed by atoms with van der Waals surface area (Å²) in [7, 11) is 0.484. The van der Waals surface area contributed by atoms with Crippen LogP contribution in [0.2, 0.25) is 10.0 Å². The van der Waals surface area contributed by atoms with Gasteiger partial charge in [-0.1, -0.05) is 29.3 Å². The lowest BCUT2D eigenvalue weighted by Crippen LogP contribution is -2.39. The summed E-state index contributed by atoms with van der Waals surface area (Å²) < 4.78 is 25.2. The number of halogens is 2. The van der Waals surface area contributed by atoms with E-state index in [0.29, 0.717) is 36.1 Å². The van der Waals surface area contributed by atoms with Crippen LogP contribution in [0.5, 0.6) is 0 Å². The molecule has 0 unspecified atom stereocenters. The van der Waals surface area contributed by atoms with Gasteiger partial charge in [0.1, 0.15) is 0 Å². The van der Waals surface area contributed by atoms with E-state index in [-0.39, 0.29) is 5.75 Å². The van der Waals surface area contributed by atoms with Gasteiger partial charge in [-0.25, -0.2) is 13.1 Å². The summed E-state index contributed by atoms with van der Waals surface area (Å²) in [6, 6.07) is 5.51. The highest BCUT2D eigenvalue weighted by Gasteiger charge is 2.08. The van der Waals surface area contributed by atoms with E-state index in [9.17, 15) is 8.42 Å². The van der Waals surface area contributed by atoms with E-state index in [2.05, 4.69) is 15.0 Å². The average molecular weight is 395 g/mol. The summed E-state index contributed by atoms with van der Waals surface area (Å²) in [5.41, 5.74) is 1.02. The van der Waals surface area contributed by atoms with E-state index in [4.69, 9.17) is 23.2 Å². The second-order valence-electron chi connectivity index (χ2n) is 5.23. The van der Waals surface area contributed by atoms with Crippen molar-refractivity contribution in [1.82, 2.24) is 14.9 Å². The zero-order valence-corrected chi connectivity index (χ0v) is 16.5. The fraction of sp³-hybridized carbons (Fsp3) is 0.533. The van der Waals surface area contributed by atoms with Gasteiger partial charge in [-0.3, -0.25) is 4.99 Å². The highest BCUT2D eigenvalue weighted by molar-refractivity contribution is 7.89. The molecule has 136 valence electrons. The summed E-state index contributed by atoms with van der Waals surface area (Å²) in [5, 5.41) is 4.25. The van der Waals surface area contributed by atoms with Crippen molar-refractivity contribution in [1.29, 1.82) is 0 Å². The third kappa shape index (κ3) is 7.25. The quantitative estimate of drug-likeness (QED) is 0.403. The minimum atomic E-state index is -3.13. The Balaban J connectivity index is 2.44. The van der Waals surface area contributed by atoms with Crippen LogP contribution in [0.25, 0.3) is 0 Å². The van der Waals surface area contributed by atoms with E-state index in [1.165, 1.54) is 0 Å². The van der Waals surface area contributed by atoms with E-state index >= 15 is 0 Å². The van der Waals surface area contributed by atoms with Gasteiger partial charge < -0.3 is 10.2 Å². The molecule has 0 radical (unpaired) electrons. The lowest BCUT2D eigenvalue weighted by molar-refractivity contribution is 0.475. The van der Waals surface area contributed by atoms with E-state index < -0.39 is 10.0 Å². The highest BCUT2D eigenvalue weighted by Crippen LogP contribution is 2.23. The minimum Gasteiger partial charge on any atom is -0.356 e. The Labute approximate surface area is 154 Å². The predicted octanol–water partition coefficient (Wildman–Crippen LogP) is 2.33. The SMILES string of the molecule is CCS(=O)(=O)NCCCNC(=NC)N(C)Cc1ccc(Cl)c(Cl)c1. The number of nitrogens with one attached hydrogen (secondary N) is 2. The van der Waals surface area contributed by atoms with Gasteiger partial charge in [-0.05, 0) is 31.0 Å². The van der Waals surface area contributed by atoms with Gasteiger partial charge in [0.25, 0.3) is 0 Å². The number of rotatable bonds is 8. The molecule has 0 aromatic heterocycles. The maximum absolute atomic E-state index is 11.3. The van der Waals surface area contributed by atoms with Gasteiger partial charge in [0, 0.05) is 33.7 Å². The molecule has 0 heterocycles. The summed E-state index contributed by atoms with van der Waals surface area (Å²) >= 11 is 11.9. The highest BCUT2D eigenvalue weighted by atomic mass is 35.5. The molecule has 1 aromatic rings. The molecule has 0 fully saturated rings. The summed E-state index contributed by atoms with van der Waals surface area (Å²) in [5.74, 6) is 0.813. The van der Waals surface area contributed by atoms with Crippen molar-refractivity contribution in [3.8, 4) is 0 Å². The van der Waals surface area contributed by atoms with Gasteiger partial charge in [0.15, 0.2) is 5.96 Å². The van der Waals surface area contributed by atoms with Crippen molar-refractivity contribution in [2.24, 2.45) is 4.99 Å². The first kappa shape index (κ1) is 21.0. The number of guanidine groups is 1. The Hall–Kier alpha value is -1.02. The first-order chi connectivity index (χ1) is 11.3. The molecule has 1 aromatic carbocycles. The fourth-order valence-corrected chi connectivity index (χ4v) is 2.97. The molecule has 0 atom stereocenters. The number of aliphatic imine (C=N–C) groups is 1. The zero-order valence-electron chi connectivity index (χ0n) is 14.1. The van der Waals surface area contributed by atoms with Crippen LogP contribution in [0, 0.1) is 0 Å². The van der Waals surface area contributed by atoms with E-state index in [1.54, 1.807) is 20.0 Å². The van der Waals surface area contributed by atoms with Gasteiger partial charge in [-0.2, -0.15) is 0 Å². The molecule has 0 amide bonds. The van der Waals surface area contributed by atoms with E-state index in [1.807, 2.05) is 24.1 Å². The first-order valence-corrected chi connectivity index (χ1v) is 10.0. The maximum Gasteiger partial charge on any atom is 0.211 e. The lowest BCUT2D eigenvalue weighted by Gasteiger charge is -2.22. The average Bonchev–Trinajstić information content (AvgIpc) is 2.54. The van der Waals surface area contributed by atoms with Crippen molar-refractivity contribution in [2.45, 2.75) is 19.9 Å². The van der Waals surface area contributed by atoms with Crippen LogP contribution in [-0.2, 0) is 16.6 Å². The standard InChI is InChI=1S/C15H24Cl2N4O2S/c1-4-24(22,23)20-9-5-8-19-15(18-2)21(3)11-12-6-7-13(16)14(17)10-12/h6-7,10,20H,4-5,8-9,11H2,1-3H3,(H,18,19). The molecule has 6 nitrogen and oxygen atoms in total. The topological polar surface area (TPSA) is 73.8 Å². The molecule has 0 aliphatic rings. The first-order valence-electron chi connectivity index (χ1n) is 7.62. The molecule has 0 saturated heterocycles. The number of nitrogens with zero attached hydrogens (tertiary/aromatic N) is 2. The summed E-state index contributed by atoms with van der Waals surface area (Å²) in [6.45, 7) is 3.25. The number of hydrogen-bond donors (Lipinski definition) is 2. The molecule has 2 N–H and O–H groups in total. The Morgan fingerprint density at radius 1 is 1.25 bits per heavy atom. The number of benzene rings is 1. The summed E-state index contributed by atoms with van der Waals surface area (Å²) in [6.07, 6.45) is 0.666. The van der Waals surface area contributed by atoms with E-state index in [0.717, 1.165) is 11.5 Å². The van der Waals surface area contributed by atoms with Gasteiger partial charge in [-0.15, -0.1) is 0 Å². The molecule has 0 spiro atoms. The maximum atomic E-state index is 11.3. The van der Waals surface area contributed by atoms with Crippen molar-refractivity contribution in [2.75, 3.05) is 32.9 Å². The van der Waals surface area contributed by atoms with Crippen LogP contribution < -0.4 is 10.0 Å². The molecule has 0 bridgehead atoms.